The van der Waals surface area contributed by atoms with E-state index in [4.69, 9.17) is 20.4 Å². The summed E-state index contributed by atoms with van der Waals surface area (Å²) < 4.78 is 0. The second kappa shape index (κ2) is 25.4. The predicted molar refractivity (Wildman–Crippen MR) is 68.2 cm³/mol. The molecule has 5 heteroatoms. The Morgan fingerprint density at radius 2 is 0.529 bits per heavy atom. The van der Waals surface area contributed by atoms with E-state index >= 15 is 0 Å². The van der Waals surface area contributed by atoms with Crippen LogP contribution in [0.25, 0.3) is 0 Å². The maximum absolute atomic E-state index is 7.94. The van der Waals surface area contributed by atoms with Gasteiger partial charge in [-0.25, -0.2) is 0 Å². The molecular formula is C12H28O4Ti. The van der Waals surface area contributed by atoms with E-state index in [9.17, 15) is 0 Å². The third kappa shape index (κ3) is 11400. The molecule has 0 heterocycles. The molecule has 0 saturated heterocycles. The van der Waals surface area contributed by atoms with Gasteiger partial charge in [0.05, 0.1) is 0 Å². The molecule has 17 heavy (non-hydrogen) atoms. The average Bonchev–Trinajstić information content (AvgIpc) is 1.76. The summed E-state index contributed by atoms with van der Waals surface area (Å²) in [6.45, 7) is 19.2. The van der Waals surface area contributed by atoms with Crippen molar-refractivity contribution in [2.45, 2.75) is 52.1 Å². The van der Waals surface area contributed by atoms with E-state index in [0.29, 0.717) is 0 Å². The normalized spacial score (nSPS) is 14.8. The van der Waals surface area contributed by atoms with Gasteiger partial charge in [0.1, 0.15) is 0 Å². The van der Waals surface area contributed by atoms with E-state index in [2.05, 4.69) is 27.7 Å². The second-order valence-electron chi connectivity index (χ2n) is 3.40. The van der Waals surface area contributed by atoms with Crippen molar-refractivity contribution < 1.29 is 42.1 Å². The second-order valence-corrected chi connectivity index (χ2v) is 3.40. The molecule has 0 radical (unpaired) electrons. The van der Waals surface area contributed by atoms with Gasteiger partial charge in [0.15, 0.2) is 0 Å². The fourth-order valence-electron chi connectivity index (χ4n) is 0. The van der Waals surface area contributed by atoms with Gasteiger partial charge in [-0.3, -0.25) is 0 Å². The fourth-order valence-corrected chi connectivity index (χ4v) is 0. The Morgan fingerprint density at radius 1 is 0.529 bits per heavy atom. The maximum Gasteiger partial charge on any atom is 4.00 e. The van der Waals surface area contributed by atoms with Crippen molar-refractivity contribution in [3.05, 3.63) is 27.7 Å². The van der Waals surface area contributed by atoms with Crippen molar-refractivity contribution in [3.8, 4) is 0 Å². The molecule has 0 aromatic heterocycles. The molecule has 0 aliphatic rings. The summed E-state index contributed by atoms with van der Waals surface area (Å²) in [6, 6.07) is 0. The summed E-state index contributed by atoms with van der Waals surface area (Å²) in [5.74, 6) is 0. The van der Waals surface area contributed by atoms with Gasteiger partial charge in [-0.2, -0.15) is 0 Å². The van der Waals surface area contributed by atoms with E-state index in [1.54, 1.807) is 27.7 Å². The number of rotatable bonds is 0. The molecule has 4 unspecified atom stereocenters. The van der Waals surface area contributed by atoms with Gasteiger partial charge in [0.25, 0.3) is 0 Å². The van der Waals surface area contributed by atoms with Gasteiger partial charge in [0.2, 0.25) is 0 Å². The van der Waals surface area contributed by atoms with Crippen LogP contribution in [0.1, 0.15) is 27.7 Å². The van der Waals surface area contributed by atoms with Crippen LogP contribution in [0.15, 0.2) is 0 Å². The van der Waals surface area contributed by atoms with Crippen molar-refractivity contribution >= 4 is 0 Å². The summed E-state index contributed by atoms with van der Waals surface area (Å²) in [6.07, 6.45) is -1.67. The first-order valence-corrected chi connectivity index (χ1v) is 4.98. The van der Waals surface area contributed by atoms with E-state index in [0.717, 1.165) is 0 Å². The minimum atomic E-state index is -0.417. The van der Waals surface area contributed by atoms with Crippen LogP contribution in [0.5, 0.6) is 0 Å². The topological polar surface area (TPSA) is 80.9 Å². The number of aliphatic hydroxyl groups is 4. The Kier molecular flexibility index (Phi) is 45.6. The van der Waals surface area contributed by atoms with Gasteiger partial charge in [-0.05, 0) is 0 Å². The van der Waals surface area contributed by atoms with Gasteiger partial charge in [0, 0.05) is 0 Å². The number of hydrogen-bond acceptors (Lipinski definition) is 4. The van der Waals surface area contributed by atoms with E-state index < -0.39 is 24.4 Å². The van der Waals surface area contributed by atoms with Gasteiger partial charge < -0.3 is 48.1 Å². The zero-order valence-electron chi connectivity index (χ0n) is 11.4. The van der Waals surface area contributed by atoms with Crippen LogP contribution in [0.3, 0.4) is 0 Å². The summed E-state index contributed by atoms with van der Waals surface area (Å²) in [5, 5.41) is 31.8. The number of aliphatic hydroxyl groups excluding tert-OH is 4. The Hall–Kier alpha value is 0.554. The Balaban J connectivity index is -0.0000000369. The summed E-state index contributed by atoms with van der Waals surface area (Å²) in [7, 11) is 0. The standard InChI is InChI=1S/4C3H7O.Ti/c4*1-3(2)4;/h4*3-4H,1H2,2H3;/q4*-1;+4. The Labute approximate surface area is 122 Å². The minimum absolute atomic E-state index is 0. The van der Waals surface area contributed by atoms with Gasteiger partial charge >= 0.3 is 21.7 Å². The monoisotopic (exact) mass is 284 g/mol. The average molecular weight is 284 g/mol. The van der Waals surface area contributed by atoms with Crippen LogP contribution in [-0.4, -0.2) is 44.8 Å². The molecule has 0 aromatic rings. The molecule has 0 spiro atoms. The first kappa shape index (κ1) is 30.5. The van der Waals surface area contributed by atoms with Crippen LogP contribution in [0, 0.1) is 27.7 Å². The van der Waals surface area contributed by atoms with Gasteiger partial charge in [-0.15, -0.1) is 0 Å². The van der Waals surface area contributed by atoms with Crippen molar-refractivity contribution in [3.63, 3.8) is 0 Å². The van der Waals surface area contributed by atoms with Gasteiger partial charge in [-0.1, -0.05) is 52.1 Å². The molecule has 0 aromatic carbocycles. The zero-order valence-corrected chi connectivity index (χ0v) is 13.0. The van der Waals surface area contributed by atoms with E-state index in [1.807, 2.05) is 0 Å². The van der Waals surface area contributed by atoms with Crippen molar-refractivity contribution in [2.75, 3.05) is 0 Å². The van der Waals surface area contributed by atoms with Crippen molar-refractivity contribution in [2.24, 2.45) is 0 Å². The smallest absolute Gasteiger partial charge is 0.426 e. The summed E-state index contributed by atoms with van der Waals surface area (Å²) >= 11 is 0. The molecule has 0 aliphatic carbocycles. The summed E-state index contributed by atoms with van der Waals surface area (Å²) in [4.78, 5) is 0. The SMILES string of the molecule is [CH2-]C(C)O.[CH2-]C(C)O.[CH2-]C(C)O.[CH2-]C(C)O.[Ti+4]. The molecule has 104 valence electrons. The molecule has 4 atom stereocenters. The molecule has 4 N–H and O–H groups in total. The quantitative estimate of drug-likeness (QED) is 0.392. The molecule has 0 aliphatic heterocycles. The molecular weight excluding hydrogens is 256 g/mol. The third-order valence-electron chi connectivity index (χ3n) is 0. The van der Waals surface area contributed by atoms with E-state index in [1.165, 1.54) is 0 Å². The van der Waals surface area contributed by atoms with Crippen LogP contribution in [0.4, 0.5) is 0 Å². The third-order valence-corrected chi connectivity index (χ3v) is 0. The Morgan fingerprint density at radius 3 is 0.529 bits per heavy atom. The first-order chi connectivity index (χ1) is 6.93. The molecule has 0 bridgehead atoms. The predicted octanol–water partition coefficient (Wildman–Crippen LogP) is 0.803. The maximum atomic E-state index is 7.94. The van der Waals surface area contributed by atoms with Crippen molar-refractivity contribution in [1.29, 1.82) is 0 Å². The minimum Gasteiger partial charge on any atom is -0.426 e. The largest absolute Gasteiger partial charge is 4.00 e. The zero-order chi connectivity index (χ0) is 14.3. The van der Waals surface area contributed by atoms with Crippen LogP contribution >= 0.6 is 0 Å². The number of hydrogen-bond donors (Lipinski definition) is 4. The fraction of sp³-hybridized carbons (Fsp3) is 0.667. The molecule has 0 fully saturated rings. The van der Waals surface area contributed by atoms with Crippen LogP contribution in [-0.2, 0) is 21.7 Å². The molecule has 0 saturated carbocycles. The van der Waals surface area contributed by atoms with E-state index in [-0.39, 0.29) is 21.7 Å². The molecule has 0 rings (SSSR count). The Bertz CT molecular complexity index is 61.5. The van der Waals surface area contributed by atoms with Crippen LogP contribution < -0.4 is 0 Å². The van der Waals surface area contributed by atoms with Crippen LogP contribution in [0.2, 0.25) is 0 Å². The molecule has 4 nitrogen and oxygen atoms in total. The summed E-state index contributed by atoms with van der Waals surface area (Å²) in [5.41, 5.74) is 0. The molecule has 0 amide bonds. The van der Waals surface area contributed by atoms with Crippen molar-refractivity contribution in [1.82, 2.24) is 0 Å². The first-order valence-electron chi connectivity index (χ1n) is 4.98.